The van der Waals surface area contributed by atoms with Gasteiger partial charge in [0.2, 0.25) is 0 Å². The predicted octanol–water partition coefficient (Wildman–Crippen LogP) is 3.31. The highest BCUT2D eigenvalue weighted by atomic mass is 32.2. The minimum absolute atomic E-state index is 0.0599. The third-order valence-corrected chi connectivity index (χ3v) is 4.93. The van der Waals surface area contributed by atoms with E-state index < -0.39 is 13.9 Å². The molecule has 0 saturated carbocycles. The van der Waals surface area contributed by atoms with Crippen LogP contribution in [0.3, 0.4) is 0 Å². The molecule has 0 aliphatic carbocycles. The van der Waals surface area contributed by atoms with Gasteiger partial charge in [-0.1, -0.05) is 51.9 Å². The molecule has 1 unspecified atom stereocenters. The minimum Gasteiger partial charge on any atom is -0.380 e. The van der Waals surface area contributed by atoms with Gasteiger partial charge in [-0.15, -0.1) is 0 Å². The second kappa shape index (κ2) is 15.0. The Kier molecular flexibility index (Phi) is 15.0. The van der Waals surface area contributed by atoms with Gasteiger partial charge in [0, 0.05) is 6.61 Å². The van der Waals surface area contributed by atoms with Gasteiger partial charge >= 0.3 is 7.82 Å². The zero-order chi connectivity index (χ0) is 19.9. The highest BCUT2D eigenvalue weighted by Crippen LogP contribution is 2.42. The normalized spacial score (nSPS) is 15.8. The molecule has 0 aromatic rings. The SMILES string of the molecule is CCCCCCCCCCOC[C@@H](N)CO[32P](=O)(O)OCC[N+](C)(C)C. The Hall–Kier alpha value is -0.0100. The Labute approximate surface area is 160 Å². The molecule has 0 heterocycles. The van der Waals surface area contributed by atoms with E-state index in [2.05, 4.69) is 6.92 Å². The van der Waals surface area contributed by atoms with Crippen LogP contribution < -0.4 is 5.73 Å². The minimum atomic E-state index is -4.04. The average Bonchev–Trinajstić information content (AvgIpc) is 2.53. The van der Waals surface area contributed by atoms with Crippen molar-refractivity contribution in [1.29, 1.82) is 0 Å². The maximum Gasteiger partial charge on any atom is 0.472 e. The molecular weight excluding hydrogens is 356 g/mol. The number of ether oxygens (including phenoxy) is 1. The Morgan fingerprint density at radius 2 is 1.50 bits per heavy atom. The van der Waals surface area contributed by atoms with Crippen LogP contribution in [0.5, 0.6) is 0 Å². The summed E-state index contributed by atoms with van der Waals surface area (Å²) in [7, 11) is 1.89. The quantitative estimate of drug-likeness (QED) is 0.209. The van der Waals surface area contributed by atoms with Crippen LogP contribution in [-0.4, -0.2) is 69.5 Å². The number of hydrogen-bond acceptors (Lipinski definition) is 5. The summed E-state index contributed by atoms with van der Waals surface area (Å²) >= 11 is 0. The summed E-state index contributed by atoms with van der Waals surface area (Å²) in [6.07, 6.45) is 10.0. The summed E-state index contributed by atoms with van der Waals surface area (Å²) in [4.78, 5) is 9.61. The van der Waals surface area contributed by atoms with Crippen molar-refractivity contribution in [2.45, 2.75) is 64.3 Å². The van der Waals surface area contributed by atoms with E-state index in [4.69, 9.17) is 19.5 Å². The van der Waals surface area contributed by atoms with E-state index in [1.165, 1.54) is 44.9 Å². The van der Waals surface area contributed by atoms with Crippen molar-refractivity contribution in [3.8, 4) is 0 Å². The van der Waals surface area contributed by atoms with Gasteiger partial charge in [-0.05, 0) is 6.42 Å². The van der Waals surface area contributed by atoms with Crippen LogP contribution in [0.1, 0.15) is 58.3 Å². The second-order valence-electron chi connectivity index (χ2n) is 7.92. The Bertz CT molecular complexity index is 377. The van der Waals surface area contributed by atoms with Crippen LogP contribution in [0.2, 0.25) is 0 Å². The molecule has 158 valence electrons. The zero-order valence-corrected chi connectivity index (χ0v) is 18.2. The van der Waals surface area contributed by atoms with E-state index in [9.17, 15) is 9.46 Å². The lowest BCUT2D eigenvalue weighted by Crippen LogP contribution is -2.37. The highest BCUT2D eigenvalue weighted by molar-refractivity contribution is 7.47. The molecule has 0 saturated heterocycles. The van der Waals surface area contributed by atoms with Crippen LogP contribution in [0.4, 0.5) is 0 Å². The number of unbranched alkanes of at least 4 members (excludes halogenated alkanes) is 7. The molecule has 0 spiro atoms. The first-order valence-electron chi connectivity index (χ1n) is 9.92. The smallest absolute Gasteiger partial charge is 0.380 e. The standard InChI is InChI=1S/C18H41N2O5P/c1-5-6-7-8-9-10-11-12-14-23-16-18(19)17-25-26(21,22)24-15-13-20(2,3)4/h18H,5-17,19H2,1-4H3/p+1/t18-/m1/s1/i26+1. The maximum absolute atomic E-state index is 11.8. The van der Waals surface area contributed by atoms with Crippen molar-refractivity contribution in [1.82, 2.24) is 0 Å². The van der Waals surface area contributed by atoms with Gasteiger partial charge in [0.15, 0.2) is 0 Å². The van der Waals surface area contributed by atoms with E-state index in [-0.39, 0.29) is 13.2 Å². The van der Waals surface area contributed by atoms with E-state index in [1.54, 1.807) is 0 Å². The number of nitrogens with two attached hydrogens (primary N) is 1. The monoisotopic (exact) mass is 398 g/mol. The molecule has 0 aromatic carbocycles. The van der Waals surface area contributed by atoms with E-state index in [0.717, 1.165) is 6.42 Å². The van der Waals surface area contributed by atoms with Gasteiger partial charge in [-0.25, -0.2) is 4.57 Å². The van der Waals surface area contributed by atoms with Crippen molar-refractivity contribution in [2.75, 3.05) is 54.1 Å². The fourth-order valence-corrected chi connectivity index (χ4v) is 3.04. The number of nitrogens with zero attached hydrogens (tertiary/aromatic N) is 1. The third-order valence-electron chi connectivity index (χ3n) is 3.94. The van der Waals surface area contributed by atoms with Crippen molar-refractivity contribution in [3.05, 3.63) is 0 Å². The summed E-state index contributed by atoms with van der Waals surface area (Å²) in [5, 5.41) is 0. The number of phosphoric ester groups is 1. The Balaban J connectivity index is 3.55. The molecule has 0 fully saturated rings. The molecule has 3 N–H and O–H groups in total. The zero-order valence-electron chi connectivity index (χ0n) is 17.3. The molecule has 2 atom stereocenters. The molecule has 0 aliphatic rings. The summed E-state index contributed by atoms with van der Waals surface area (Å²) in [6, 6.07) is -0.438. The van der Waals surface area contributed by atoms with Gasteiger partial charge in [-0.3, -0.25) is 9.05 Å². The van der Waals surface area contributed by atoms with Crippen molar-refractivity contribution in [2.24, 2.45) is 5.73 Å². The van der Waals surface area contributed by atoms with Crippen LogP contribution in [-0.2, 0) is 18.3 Å². The lowest BCUT2D eigenvalue weighted by Gasteiger charge is -2.24. The van der Waals surface area contributed by atoms with Crippen LogP contribution in [0.15, 0.2) is 0 Å². The van der Waals surface area contributed by atoms with Gasteiger partial charge in [0.05, 0.1) is 40.4 Å². The molecule has 0 bridgehead atoms. The number of rotatable bonds is 18. The summed E-state index contributed by atoms with van der Waals surface area (Å²) in [6.45, 7) is 3.92. The summed E-state index contributed by atoms with van der Waals surface area (Å²) in [5.74, 6) is 0. The molecule has 0 amide bonds. The first kappa shape index (κ1) is 26.0. The molecule has 0 radical (unpaired) electrons. The van der Waals surface area contributed by atoms with E-state index in [0.29, 0.717) is 24.2 Å². The predicted molar refractivity (Wildman–Crippen MR) is 106 cm³/mol. The molecular formula is C18H42N2O5P+. The van der Waals surface area contributed by atoms with E-state index in [1.807, 2.05) is 21.1 Å². The largest absolute Gasteiger partial charge is 0.472 e. The number of hydrogen-bond donors (Lipinski definition) is 2. The first-order valence-corrected chi connectivity index (χ1v) is 11.4. The Morgan fingerprint density at radius 1 is 0.923 bits per heavy atom. The average molecular weight is 399 g/mol. The van der Waals surface area contributed by atoms with Crippen LogP contribution >= 0.6 is 7.82 Å². The molecule has 0 rings (SSSR count). The summed E-state index contributed by atoms with van der Waals surface area (Å²) < 4.78 is 27.8. The fourth-order valence-electron chi connectivity index (χ4n) is 2.28. The molecule has 26 heavy (non-hydrogen) atoms. The van der Waals surface area contributed by atoms with Gasteiger partial charge < -0.3 is 19.8 Å². The molecule has 0 aromatic heterocycles. The van der Waals surface area contributed by atoms with Crippen molar-refractivity contribution in [3.63, 3.8) is 0 Å². The van der Waals surface area contributed by atoms with Gasteiger partial charge in [0.25, 0.3) is 0 Å². The van der Waals surface area contributed by atoms with Gasteiger partial charge in [-0.2, -0.15) is 0 Å². The van der Waals surface area contributed by atoms with Crippen LogP contribution in [0.25, 0.3) is 0 Å². The topological polar surface area (TPSA) is 91.0 Å². The highest BCUT2D eigenvalue weighted by Gasteiger charge is 2.23. The molecule has 8 heteroatoms. The van der Waals surface area contributed by atoms with E-state index >= 15 is 0 Å². The van der Waals surface area contributed by atoms with Gasteiger partial charge in [0.1, 0.15) is 13.2 Å². The lowest BCUT2D eigenvalue weighted by molar-refractivity contribution is -0.870. The molecule has 0 aliphatic heterocycles. The molecule has 7 nitrogen and oxygen atoms in total. The van der Waals surface area contributed by atoms with Crippen molar-refractivity contribution < 1.29 is 27.7 Å². The third kappa shape index (κ3) is 18.8. The first-order chi connectivity index (χ1) is 12.2. The van der Waals surface area contributed by atoms with Crippen molar-refractivity contribution >= 4 is 7.82 Å². The number of quaternary nitrogens is 1. The Morgan fingerprint density at radius 3 is 2.08 bits per heavy atom. The second-order valence-corrected chi connectivity index (χ2v) is 9.37. The number of phosphoric acid groups is 1. The summed E-state index contributed by atoms with van der Waals surface area (Å²) in [5.41, 5.74) is 5.85. The van der Waals surface area contributed by atoms with Crippen LogP contribution in [0, 0.1) is 0 Å². The number of likely N-dealkylation sites (N-methyl/N-ethyl adjacent to an activating group) is 1. The lowest BCUT2D eigenvalue weighted by atomic mass is 10.1. The maximum atomic E-state index is 11.8. The fraction of sp³-hybridized carbons (Fsp3) is 1.00.